The number of pyridine rings is 1. The lowest BCUT2D eigenvalue weighted by Gasteiger charge is -2.07. The Morgan fingerprint density at radius 3 is 2.78 bits per heavy atom. The number of halogens is 1. The van der Waals surface area contributed by atoms with E-state index in [0.29, 0.717) is 15.8 Å². The van der Waals surface area contributed by atoms with Crippen molar-refractivity contribution in [3.05, 3.63) is 68.2 Å². The number of carbonyl (C=O) groups excluding carboxylic acids is 1. The Balaban J connectivity index is 1.80. The quantitative estimate of drug-likeness (QED) is 0.774. The molecule has 2 heterocycles. The standard InChI is InChI=1S/C17H15FN2O2S/c1-9-5-10(2)20-16(21)13(9)8-19-17(22)15-7-11-6-12(18)3-4-14(11)23-15/h3-7H,8H2,1-2H3,(H,19,22)(H,20,21). The number of fused-ring (bicyclic) bond motifs is 1. The average molecular weight is 330 g/mol. The van der Waals surface area contributed by atoms with Crippen LogP contribution < -0.4 is 10.9 Å². The van der Waals surface area contributed by atoms with Gasteiger partial charge in [-0.15, -0.1) is 11.3 Å². The number of amides is 1. The molecule has 2 aromatic heterocycles. The van der Waals surface area contributed by atoms with E-state index in [1.165, 1.54) is 23.5 Å². The number of hydrogen-bond acceptors (Lipinski definition) is 3. The number of hydrogen-bond donors (Lipinski definition) is 2. The number of aromatic amines is 1. The summed E-state index contributed by atoms with van der Waals surface area (Å²) in [5.41, 5.74) is 1.97. The molecule has 23 heavy (non-hydrogen) atoms. The molecule has 0 aliphatic rings. The van der Waals surface area contributed by atoms with E-state index < -0.39 is 0 Å². The highest BCUT2D eigenvalue weighted by atomic mass is 32.1. The highest BCUT2D eigenvalue weighted by Crippen LogP contribution is 2.26. The predicted molar refractivity (Wildman–Crippen MR) is 89.5 cm³/mol. The molecule has 0 saturated carbocycles. The van der Waals surface area contributed by atoms with Gasteiger partial charge in [0.05, 0.1) is 4.88 Å². The van der Waals surface area contributed by atoms with Crippen LogP contribution in [0.25, 0.3) is 10.1 Å². The molecule has 0 fully saturated rings. The van der Waals surface area contributed by atoms with Gasteiger partial charge in [0.25, 0.3) is 11.5 Å². The Morgan fingerprint density at radius 1 is 1.26 bits per heavy atom. The van der Waals surface area contributed by atoms with Crippen molar-refractivity contribution < 1.29 is 9.18 Å². The van der Waals surface area contributed by atoms with Gasteiger partial charge in [-0.1, -0.05) is 0 Å². The monoisotopic (exact) mass is 330 g/mol. The molecule has 1 amide bonds. The van der Waals surface area contributed by atoms with E-state index in [9.17, 15) is 14.0 Å². The SMILES string of the molecule is Cc1cc(C)c(CNC(=O)c2cc3cc(F)ccc3s2)c(=O)[nH]1. The van der Waals surface area contributed by atoms with Gasteiger partial charge in [0.15, 0.2) is 0 Å². The summed E-state index contributed by atoms with van der Waals surface area (Å²) in [6.07, 6.45) is 0. The first kappa shape index (κ1) is 15.4. The van der Waals surface area contributed by atoms with Crippen molar-refractivity contribution in [2.75, 3.05) is 0 Å². The number of aryl methyl sites for hydroxylation is 2. The van der Waals surface area contributed by atoms with Gasteiger partial charge >= 0.3 is 0 Å². The van der Waals surface area contributed by atoms with Gasteiger partial charge in [-0.2, -0.15) is 0 Å². The van der Waals surface area contributed by atoms with E-state index in [4.69, 9.17) is 0 Å². The lowest BCUT2D eigenvalue weighted by Crippen LogP contribution is -2.27. The molecule has 6 heteroatoms. The minimum atomic E-state index is -0.330. The summed E-state index contributed by atoms with van der Waals surface area (Å²) in [7, 11) is 0. The molecular weight excluding hydrogens is 315 g/mol. The van der Waals surface area contributed by atoms with Crippen LogP contribution in [0.1, 0.15) is 26.5 Å². The molecule has 2 N–H and O–H groups in total. The number of nitrogens with one attached hydrogen (secondary N) is 2. The van der Waals surface area contributed by atoms with Gasteiger partial charge < -0.3 is 10.3 Å². The molecule has 3 rings (SSSR count). The summed E-state index contributed by atoms with van der Waals surface area (Å²) < 4.78 is 14.1. The van der Waals surface area contributed by atoms with Gasteiger partial charge in [0.1, 0.15) is 5.82 Å². The Hall–Kier alpha value is -2.47. The van der Waals surface area contributed by atoms with Crippen LogP contribution in [0.4, 0.5) is 4.39 Å². The van der Waals surface area contributed by atoms with Crippen molar-refractivity contribution in [2.24, 2.45) is 0 Å². The number of H-pyrrole nitrogens is 1. The lowest BCUT2D eigenvalue weighted by molar-refractivity contribution is 0.0955. The van der Waals surface area contributed by atoms with E-state index in [2.05, 4.69) is 10.3 Å². The first-order valence-corrected chi connectivity index (χ1v) is 7.92. The van der Waals surface area contributed by atoms with Crippen molar-refractivity contribution in [2.45, 2.75) is 20.4 Å². The molecule has 0 aliphatic carbocycles. The number of rotatable bonds is 3. The summed E-state index contributed by atoms with van der Waals surface area (Å²) in [6.45, 7) is 3.81. The minimum absolute atomic E-state index is 0.156. The second-order valence-corrected chi connectivity index (χ2v) is 6.50. The molecule has 0 bridgehead atoms. The largest absolute Gasteiger partial charge is 0.347 e. The number of benzene rings is 1. The smallest absolute Gasteiger partial charge is 0.261 e. The topological polar surface area (TPSA) is 62.0 Å². The van der Waals surface area contributed by atoms with Crippen molar-refractivity contribution in [3.63, 3.8) is 0 Å². The predicted octanol–water partition coefficient (Wildman–Crippen LogP) is 3.28. The van der Waals surface area contributed by atoms with Gasteiger partial charge in [-0.05, 0) is 55.1 Å². The fraction of sp³-hybridized carbons (Fsp3) is 0.176. The van der Waals surface area contributed by atoms with Crippen molar-refractivity contribution in [1.82, 2.24) is 10.3 Å². The minimum Gasteiger partial charge on any atom is -0.347 e. The average Bonchev–Trinajstić information content (AvgIpc) is 2.88. The van der Waals surface area contributed by atoms with Gasteiger partial charge in [-0.25, -0.2) is 4.39 Å². The molecule has 0 saturated heterocycles. The van der Waals surface area contributed by atoms with Crippen LogP contribution in [0.5, 0.6) is 0 Å². The second kappa shape index (κ2) is 5.96. The highest BCUT2D eigenvalue weighted by molar-refractivity contribution is 7.20. The molecular formula is C17H15FN2O2S. The van der Waals surface area contributed by atoms with E-state index in [1.807, 2.05) is 19.9 Å². The number of aromatic nitrogens is 1. The third kappa shape index (κ3) is 3.17. The molecule has 0 atom stereocenters. The van der Waals surface area contributed by atoms with Crippen molar-refractivity contribution in [1.29, 1.82) is 0 Å². The van der Waals surface area contributed by atoms with Crippen molar-refractivity contribution >= 4 is 27.3 Å². The molecule has 0 unspecified atom stereocenters. The van der Waals surface area contributed by atoms with Gasteiger partial charge in [0.2, 0.25) is 0 Å². The van der Waals surface area contributed by atoms with Gasteiger partial charge in [0, 0.05) is 22.5 Å². The fourth-order valence-corrected chi connectivity index (χ4v) is 3.44. The summed E-state index contributed by atoms with van der Waals surface area (Å²) in [4.78, 5) is 27.4. The first-order chi connectivity index (χ1) is 10.9. The van der Waals surface area contributed by atoms with Crippen molar-refractivity contribution in [3.8, 4) is 0 Å². The highest BCUT2D eigenvalue weighted by Gasteiger charge is 2.12. The molecule has 0 aliphatic heterocycles. The number of thiophene rings is 1. The molecule has 118 valence electrons. The summed E-state index contributed by atoms with van der Waals surface area (Å²) in [5.74, 6) is -0.602. The van der Waals surface area contributed by atoms with E-state index in [1.54, 1.807) is 12.1 Å². The third-order valence-electron chi connectivity index (χ3n) is 3.62. The van der Waals surface area contributed by atoms with E-state index >= 15 is 0 Å². The van der Waals surface area contributed by atoms with Crippen LogP contribution in [0.3, 0.4) is 0 Å². The zero-order chi connectivity index (χ0) is 16.6. The van der Waals surface area contributed by atoms with E-state index in [-0.39, 0.29) is 23.8 Å². The maximum absolute atomic E-state index is 13.2. The zero-order valence-corrected chi connectivity index (χ0v) is 13.5. The van der Waals surface area contributed by atoms with E-state index in [0.717, 1.165) is 16.0 Å². The van der Waals surface area contributed by atoms with Gasteiger partial charge in [-0.3, -0.25) is 9.59 Å². The molecule has 0 radical (unpaired) electrons. The fourth-order valence-electron chi connectivity index (χ4n) is 2.48. The van der Waals surface area contributed by atoms with Crippen LogP contribution in [-0.2, 0) is 6.54 Å². The summed E-state index contributed by atoms with van der Waals surface area (Å²) in [6, 6.07) is 7.95. The summed E-state index contributed by atoms with van der Waals surface area (Å²) in [5, 5.41) is 3.45. The lowest BCUT2D eigenvalue weighted by atomic mass is 10.1. The molecule has 3 aromatic rings. The normalized spacial score (nSPS) is 10.9. The molecule has 1 aromatic carbocycles. The summed E-state index contributed by atoms with van der Waals surface area (Å²) >= 11 is 1.30. The second-order valence-electron chi connectivity index (χ2n) is 5.42. The van der Waals surface area contributed by atoms with Crippen LogP contribution in [0, 0.1) is 19.7 Å². The van der Waals surface area contributed by atoms with Crippen LogP contribution in [-0.4, -0.2) is 10.9 Å². The van der Waals surface area contributed by atoms with Crippen LogP contribution in [0.15, 0.2) is 35.1 Å². The maximum Gasteiger partial charge on any atom is 0.261 e. The molecule has 0 spiro atoms. The third-order valence-corrected chi connectivity index (χ3v) is 4.74. The molecule has 4 nitrogen and oxygen atoms in total. The number of carbonyl (C=O) groups is 1. The van der Waals surface area contributed by atoms with Crippen LogP contribution >= 0.6 is 11.3 Å². The Kier molecular flexibility index (Phi) is 4.00. The Morgan fingerprint density at radius 2 is 2.04 bits per heavy atom. The maximum atomic E-state index is 13.2. The van der Waals surface area contributed by atoms with Crippen LogP contribution in [0.2, 0.25) is 0 Å². The first-order valence-electron chi connectivity index (χ1n) is 7.11. The zero-order valence-electron chi connectivity index (χ0n) is 12.7. The Bertz CT molecular complexity index is 959. The Labute approximate surface area is 136 Å².